The van der Waals surface area contributed by atoms with Crippen LogP contribution >= 0.6 is 0 Å². The van der Waals surface area contributed by atoms with Crippen LogP contribution in [0.5, 0.6) is 0 Å². The fraction of sp³-hybridized carbons (Fsp3) is 0.375. The van der Waals surface area contributed by atoms with Crippen LogP contribution in [-0.4, -0.2) is 26.1 Å². The molecule has 0 saturated heterocycles. The molecule has 5 heteroatoms. The topological polar surface area (TPSA) is 47.7 Å². The fourth-order valence-corrected chi connectivity index (χ4v) is 2.69. The maximum absolute atomic E-state index is 4.57. The summed E-state index contributed by atoms with van der Waals surface area (Å²) in [6.07, 6.45) is 3.03. The van der Waals surface area contributed by atoms with Crippen LogP contribution < -0.4 is 5.32 Å². The summed E-state index contributed by atoms with van der Waals surface area (Å²) in [5, 5.41) is 13.7. The Balaban J connectivity index is 2.09. The van der Waals surface area contributed by atoms with E-state index >= 15 is 0 Å². The smallest absolute Gasteiger partial charge is 0.157 e. The molecule has 3 aromatic rings. The molecule has 0 saturated carbocycles. The molecule has 0 bridgehead atoms. The van der Waals surface area contributed by atoms with E-state index in [1.165, 1.54) is 5.56 Å². The Morgan fingerprint density at radius 2 is 2.05 bits per heavy atom. The molecular formula is C16H21N5. The molecule has 0 amide bonds. The molecule has 0 unspecified atom stereocenters. The van der Waals surface area contributed by atoms with Crippen LogP contribution in [0, 0.1) is 6.92 Å². The number of nitrogens with one attached hydrogen (secondary N) is 1. The summed E-state index contributed by atoms with van der Waals surface area (Å²) in [5.41, 5.74) is 3.37. The molecule has 0 atom stereocenters. The van der Waals surface area contributed by atoms with Crippen LogP contribution in [0.25, 0.3) is 16.7 Å². The average molecular weight is 283 g/mol. The van der Waals surface area contributed by atoms with Gasteiger partial charge in [0.15, 0.2) is 5.82 Å². The largest absolute Gasteiger partial charge is 0.312 e. The monoisotopic (exact) mass is 283 g/mol. The molecule has 0 spiro atoms. The van der Waals surface area contributed by atoms with Crippen molar-refractivity contribution >= 4 is 10.9 Å². The molecule has 0 aliphatic carbocycles. The first-order chi connectivity index (χ1) is 10.2. The maximum atomic E-state index is 4.57. The van der Waals surface area contributed by atoms with Gasteiger partial charge < -0.3 is 5.32 Å². The van der Waals surface area contributed by atoms with Crippen LogP contribution in [0.2, 0.25) is 0 Å². The summed E-state index contributed by atoms with van der Waals surface area (Å²) in [6.45, 7) is 6.05. The van der Waals surface area contributed by atoms with E-state index in [0.29, 0.717) is 0 Å². The lowest BCUT2D eigenvalue weighted by molar-refractivity contribution is 0.662. The van der Waals surface area contributed by atoms with Gasteiger partial charge in [-0.2, -0.15) is 10.2 Å². The Hall–Kier alpha value is -2.14. The first-order valence-corrected chi connectivity index (χ1v) is 7.38. The number of aryl methyl sites for hydroxylation is 2. The van der Waals surface area contributed by atoms with E-state index in [1.54, 1.807) is 0 Å². The second-order valence-electron chi connectivity index (χ2n) is 5.30. The Labute approximate surface area is 124 Å². The van der Waals surface area contributed by atoms with E-state index in [2.05, 4.69) is 41.5 Å². The zero-order valence-corrected chi connectivity index (χ0v) is 12.8. The molecule has 0 radical (unpaired) electrons. The van der Waals surface area contributed by atoms with Crippen LogP contribution in [0.4, 0.5) is 0 Å². The molecule has 1 aromatic carbocycles. The number of aromatic nitrogens is 4. The van der Waals surface area contributed by atoms with Crippen LogP contribution in [0.15, 0.2) is 30.5 Å². The zero-order valence-electron chi connectivity index (χ0n) is 12.8. The van der Waals surface area contributed by atoms with Crippen molar-refractivity contribution < 1.29 is 0 Å². The van der Waals surface area contributed by atoms with Crippen molar-refractivity contribution in [3.63, 3.8) is 0 Å². The summed E-state index contributed by atoms with van der Waals surface area (Å²) in [5.74, 6) is 1.04. The Morgan fingerprint density at radius 1 is 1.24 bits per heavy atom. The summed E-state index contributed by atoms with van der Waals surface area (Å²) in [7, 11) is 1.97. The highest BCUT2D eigenvalue weighted by Crippen LogP contribution is 2.22. The number of hydrogen-bond donors (Lipinski definition) is 1. The fourth-order valence-electron chi connectivity index (χ4n) is 2.69. The number of hydrogen-bond acceptors (Lipinski definition) is 3. The van der Waals surface area contributed by atoms with E-state index in [1.807, 2.05) is 34.7 Å². The van der Waals surface area contributed by atoms with Crippen LogP contribution in [0.1, 0.15) is 24.6 Å². The predicted octanol–water partition coefficient (Wildman–Crippen LogP) is 2.57. The molecule has 110 valence electrons. The van der Waals surface area contributed by atoms with Crippen molar-refractivity contribution in [2.75, 3.05) is 6.54 Å². The van der Waals surface area contributed by atoms with E-state index in [9.17, 15) is 0 Å². The highest BCUT2D eigenvalue weighted by molar-refractivity contribution is 5.80. The minimum atomic E-state index is 0.817. The van der Waals surface area contributed by atoms with Crippen molar-refractivity contribution in [2.45, 2.75) is 26.8 Å². The molecule has 2 heterocycles. The first-order valence-electron chi connectivity index (χ1n) is 7.38. The minimum Gasteiger partial charge on any atom is -0.312 e. The molecular weight excluding hydrogens is 262 g/mol. The number of benzene rings is 1. The summed E-state index contributed by atoms with van der Waals surface area (Å²) in [6, 6.07) is 8.25. The Morgan fingerprint density at radius 3 is 2.86 bits per heavy atom. The van der Waals surface area contributed by atoms with Crippen molar-refractivity contribution in [1.29, 1.82) is 0 Å². The van der Waals surface area contributed by atoms with E-state index < -0.39 is 0 Å². The van der Waals surface area contributed by atoms with E-state index in [0.717, 1.165) is 41.9 Å². The van der Waals surface area contributed by atoms with Crippen LogP contribution in [0.3, 0.4) is 0 Å². The number of fused-ring (bicyclic) bond motifs is 1. The van der Waals surface area contributed by atoms with Gasteiger partial charge in [0.2, 0.25) is 0 Å². The van der Waals surface area contributed by atoms with Gasteiger partial charge in [0.25, 0.3) is 0 Å². The summed E-state index contributed by atoms with van der Waals surface area (Å²) >= 11 is 0. The maximum Gasteiger partial charge on any atom is 0.157 e. The van der Waals surface area contributed by atoms with Crippen molar-refractivity contribution in [3.05, 3.63) is 41.7 Å². The van der Waals surface area contributed by atoms with Gasteiger partial charge in [-0.05, 0) is 26.0 Å². The van der Waals surface area contributed by atoms with Gasteiger partial charge in [-0.1, -0.05) is 25.1 Å². The molecule has 5 nitrogen and oxygen atoms in total. The van der Waals surface area contributed by atoms with Crippen molar-refractivity contribution in [1.82, 2.24) is 24.9 Å². The van der Waals surface area contributed by atoms with Gasteiger partial charge in [0.1, 0.15) is 0 Å². The lowest BCUT2D eigenvalue weighted by Gasteiger charge is -2.09. The standard InChI is InChI=1S/C16H21N5/c1-4-9-17-11-14-12(2)19-20(3)16(14)21-15-8-6-5-7-13(15)10-18-21/h5-8,10,17H,4,9,11H2,1-3H3. The van der Waals surface area contributed by atoms with Gasteiger partial charge in [-0.15, -0.1) is 0 Å². The summed E-state index contributed by atoms with van der Waals surface area (Å²) < 4.78 is 3.90. The second-order valence-corrected chi connectivity index (χ2v) is 5.30. The number of rotatable bonds is 5. The zero-order chi connectivity index (χ0) is 14.8. The van der Waals surface area contributed by atoms with Crippen LogP contribution in [-0.2, 0) is 13.6 Å². The molecule has 2 aromatic heterocycles. The Bertz CT molecular complexity index is 753. The highest BCUT2D eigenvalue weighted by atomic mass is 15.4. The normalized spacial score (nSPS) is 11.4. The highest BCUT2D eigenvalue weighted by Gasteiger charge is 2.17. The lowest BCUT2D eigenvalue weighted by Crippen LogP contribution is -2.16. The lowest BCUT2D eigenvalue weighted by atomic mass is 10.2. The van der Waals surface area contributed by atoms with Gasteiger partial charge in [0.05, 0.1) is 17.4 Å². The third-order valence-electron chi connectivity index (χ3n) is 3.72. The minimum absolute atomic E-state index is 0.817. The SMILES string of the molecule is CCCNCc1c(C)nn(C)c1-n1ncc2ccccc21. The van der Waals surface area contributed by atoms with Gasteiger partial charge in [-0.3, -0.25) is 4.68 Å². The van der Waals surface area contributed by atoms with Gasteiger partial charge >= 0.3 is 0 Å². The third-order valence-corrected chi connectivity index (χ3v) is 3.72. The average Bonchev–Trinajstić information content (AvgIpc) is 3.01. The predicted molar refractivity (Wildman–Crippen MR) is 84.6 cm³/mol. The summed E-state index contributed by atoms with van der Waals surface area (Å²) in [4.78, 5) is 0. The quantitative estimate of drug-likeness (QED) is 0.732. The van der Waals surface area contributed by atoms with Crippen molar-refractivity contribution in [2.24, 2.45) is 7.05 Å². The third kappa shape index (κ3) is 2.45. The van der Waals surface area contributed by atoms with Gasteiger partial charge in [-0.25, -0.2) is 4.68 Å². The Kier molecular flexibility index (Phi) is 3.75. The molecule has 0 aliphatic rings. The molecule has 1 N–H and O–H groups in total. The number of nitrogens with zero attached hydrogens (tertiary/aromatic N) is 4. The van der Waals surface area contributed by atoms with Gasteiger partial charge in [0, 0.05) is 24.5 Å². The molecule has 3 rings (SSSR count). The molecule has 0 fully saturated rings. The second kappa shape index (κ2) is 5.69. The number of para-hydroxylation sites is 1. The molecule has 21 heavy (non-hydrogen) atoms. The molecule has 0 aliphatic heterocycles. The van der Waals surface area contributed by atoms with E-state index in [-0.39, 0.29) is 0 Å². The first kappa shape index (κ1) is 13.8. The van der Waals surface area contributed by atoms with Crippen molar-refractivity contribution in [3.8, 4) is 5.82 Å². The van der Waals surface area contributed by atoms with E-state index in [4.69, 9.17) is 0 Å².